The molecular weight excluding hydrogens is 318 g/mol. The molecule has 1 heterocycles. The van der Waals surface area contributed by atoms with Gasteiger partial charge >= 0.3 is 0 Å². The first-order chi connectivity index (χ1) is 11.9. The van der Waals surface area contributed by atoms with Crippen LogP contribution >= 0.6 is 0 Å². The fourth-order valence-electron chi connectivity index (χ4n) is 2.84. The quantitative estimate of drug-likeness (QED) is 0.844. The molecule has 1 aromatic carbocycles. The van der Waals surface area contributed by atoms with E-state index >= 15 is 0 Å². The van der Waals surface area contributed by atoms with Crippen LogP contribution in [-0.4, -0.2) is 67.0 Å². The van der Waals surface area contributed by atoms with Gasteiger partial charge in [0.2, 0.25) is 5.91 Å². The molecule has 2 rings (SSSR count). The van der Waals surface area contributed by atoms with Gasteiger partial charge in [-0.15, -0.1) is 0 Å². The second-order valence-corrected chi connectivity index (χ2v) is 6.87. The van der Waals surface area contributed by atoms with Crippen molar-refractivity contribution in [3.05, 3.63) is 29.3 Å². The fraction of sp³-hybridized carbons (Fsp3) is 0.579. The Bertz CT molecular complexity index is 608. The van der Waals surface area contributed by atoms with Gasteiger partial charge in [0.05, 0.1) is 6.54 Å². The highest BCUT2D eigenvalue weighted by atomic mass is 16.5. The minimum absolute atomic E-state index is 0.00723. The van der Waals surface area contributed by atoms with Crippen LogP contribution in [0.4, 0.5) is 0 Å². The van der Waals surface area contributed by atoms with E-state index < -0.39 is 0 Å². The Morgan fingerprint density at radius 2 is 1.84 bits per heavy atom. The van der Waals surface area contributed by atoms with E-state index in [9.17, 15) is 9.59 Å². The summed E-state index contributed by atoms with van der Waals surface area (Å²) in [5.41, 5.74) is 2.22. The molecule has 0 radical (unpaired) electrons. The van der Waals surface area contributed by atoms with Crippen LogP contribution < -0.4 is 10.1 Å². The zero-order valence-electron chi connectivity index (χ0n) is 15.7. The molecule has 25 heavy (non-hydrogen) atoms. The number of nitrogens with zero attached hydrogens (tertiary/aromatic N) is 2. The molecule has 1 N–H and O–H groups in total. The Hall–Kier alpha value is -2.08. The molecule has 0 spiro atoms. The molecule has 1 aromatic rings. The van der Waals surface area contributed by atoms with E-state index in [4.69, 9.17) is 4.74 Å². The van der Waals surface area contributed by atoms with E-state index in [1.807, 2.05) is 50.8 Å². The first kappa shape index (κ1) is 19.2. The van der Waals surface area contributed by atoms with Crippen LogP contribution in [0.2, 0.25) is 0 Å². The summed E-state index contributed by atoms with van der Waals surface area (Å²) in [7, 11) is 0. The molecule has 0 unspecified atom stereocenters. The molecule has 0 bridgehead atoms. The predicted octanol–water partition coefficient (Wildman–Crippen LogP) is 1.35. The van der Waals surface area contributed by atoms with E-state index in [2.05, 4.69) is 10.2 Å². The topological polar surface area (TPSA) is 61.9 Å². The molecule has 0 saturated carbocycles. The Labute approximate surface area is 150 Å². The van der Waals surface area contributed by atoms with Crippen molar-refractivity contribution in [3.8, 4) is 5.75 Å². The number of piperazine rings is 1. The van der Waals surface area contributed by atoms with Crippen molar-refractivity contribution < 1.29 is 14.3 Å². The van der Waals surface area contributed by atoms with E-state index in [0.717, 1.165) is 16.9 Å². The van der Waals surface area contributed by atoms with Crippen molar-refractivity contribution in [3.63, 3.8) is 0 Å². The van der Waals surface area contributed by atoms with Gasteiger partial charge in [0.1, 0.15) is 5.75 Å². The minimum atomic E-state index is -0.00723. The summed E-state index contributed by atoms with van der Waals surface area (Å²) in [6, 6.07) is 6.00. The Kier molecular flexibility index (Phi) is 6.82. The largest absolute Gasteiger partial charge is 0.483 e. The second-order valence-electron chi connectivity index (χ2n) is 6.87. The fourth-order valence-corrected chi connectivity index (χ4v) is 2.84. The summed E-state index contributed by atoms with van der Waals surface area (Å²) in [5.74, 6) is 0.789. The molecule has 1 fully saturated rings. The molecular formula is C19H29N3O3. The Morgan fingerprint density at radius 3 is 2.48 bits per heavy atom. The van der Waals surface area contributed by atoms with Crippen molar-refractivity contribution in [1.29, 1.82) is 0 Å². The van der Waals surface area contributed by atoms with Gasteiger partial charge in [-0.3, -0.25) is 14.5 Å². The third-order valence-electron chi connectivity index (χ3n) is 4.45. The highest BCUT2D eigenvalue weighted by molar-refractivity contribution is 5.79. The van der Waals surface area contributed by atoms with Gasteiger partial charge in [-0.1, -0.05) is 12.1 Å². The van der Waals surface area contributed by atoms with E-state index in [0.29, 0.717) is 32.7 Å². The molecule has 6 heteroatoms. The van der Waals surface area contributed by atoms with E-state index in [1.54, 1.807) is 0 Å². The lowest BCUT2D eigenvalue weighted by Crippen LogP contribution is -2.52. The number of aryl methyl sites for hydroxylation is 1. The van der Waals surface area contributed by atoms with Gasteiger partial charge in [0.25, 0.3) is 5.91 Å². The maximum Gasteiger partial charge on any atom is 0.260 e. The van der Waals surface area contributed by atoms with Crippen LogP contribution in [0.25, 0.3) is 0 Å². The monoisotopic (exact) mass is 347 g/mol. The third kappa shape index (κ3) is 5.74. The van der Waals surface area contributed by atoms with Gasteiger partial charge in [0, 0.05) is 32.2 Å². The van der Waals surface area contributed by atoms with Gasteiger partial charge in [-0.05, 0) is 44.9 Å². The molecule has 0 atom stereocenters. The lowest BCUT2D eigenvalue weighted by molar-refractivity contribution is -0.135. The van der Waals surface area contributed by atoms with Crippen molar-refractivity contribution in [2.75, 3.05) is 39.3 Å². The number of amides is 2. The van der Waals surface area contributed by atoms with Gasteiger partial charge in [0.15, 0.2) is 6.61 Å². The Morgan fingerprint density at radius 1 is 1.16 bits per heavy atom. The average Bonchev–Trinajstić information content (AvgIpc) is 2.56. The average molecular weight is 347 g/mol. The summed E-state index contributed by atoms with van der Waals surface area (Å²) in [6.07, 6.45) is 0. The second kappa shape index (κ2) is 8.85. The van der Waals surface area contributed by atoms with Crippen molar-refractivity contribution in [2.45, 2.75) is 33.7 Å². The molecule has 0 aliphatic carbocycles. The number of rotatable bonds is 6. The number of hydrogen-bond acceptors (Lipinski definition) is 4. The summed E-state index contributed by atoms with van der Waals surface area (Å²) in [6.45, 7) is 11.0. The molecule has 1 saturated heterocycles. The van der Waals surface area contributed by atoms with Crippen LogP contribution in [0.15, 0.2) is 18.2 Å². The zero-order chi connectivity index (χ0) is 18.4. The molecule has 1 aliphatic heterocycles. The van der Waals surface area contributed by atoms with Crippen LogP contribution in [0.1, 0.15) is 25.0 Å². The summed E-state index contributed by atoms with van der Waals surface area (Å²) in [5, 5.41) is 2.89. The lowest BCUT2D eigenvalue weighted by atomic mass is 10.1. The van der Waals surface area contributed by atoms with E-state index in [-0.39, 0.29) is 24.5 Å². The molecule has 2 amide bonds. The Balaban J connectivity index is 1.75. The maximum atomic E-state index is 12.3. The first-order valence-corrected chi connectivity index (χ1v) is 8.85. The van der Waals surface area contributed by atoms with Crippen LogP contribution in [-0.2, 0) is 9.59 Å². The number of nitrogens with one attached hydrogen (secondary N) is 1. The molecule has 1 aliphatic rings. The van der Waals surface area contributed by atoms with Crippen molar-refractivity contribution in [1.82, 2.24) is 15.1 Å². The van der Waals surface area contributed by atoms with Crippen LogP contribution in [0.3, 0.4) is 0 Å². The highest BCUT2D eigenvalue weighted by Crippen LogP contribution is 2.20. The molecule has 138 valence electrons. The SMILES string of the molecule is Cc1cccc(OCC(=O)N2CCN(CC(=O)NC(C)C)CC2)c1C. The van der Waals surface area contributed by atoms with Gasteiger partial charge in [-0.25, -0.2) is 0 Å². The smallest absolute Gasteiger partial charge is 0.260 e. The summed E-state index contributed by atoms with van der Waals surface area (Å²) in [4.78, 5) is 28.0. The standard InChI is InChI=1S/C19H29N3O3/c1-14(2)20-18(23)12-21-8-10-22(11-9-21)19(24)13-25-17-7-5-6-15(3)16(17)4/h5-7,14H,8-13H2,1-4H3,(H,20,23). The van der Waals surface area contributed by atoms with Crippen molar-refractivity contribution in [2.24, 2.45) is 0 Å². The summed E-state index contributed by atoms with van der Waals surface area (Å²) < 4.78 is 5.70. The number of carbonyl (C=O) groups excluding carboxylic acids is 2. The maximum absolute atomic E-state index is 12.3. The van der Waals surface area contributed by atoms with Gasteiger partial charge < -0.3 is 15.0 Å². The summed E-state index contributed by atoms with van der Waals surface area (Å²) >= 11 is 0. The number of ether oxygens (including phenoxy) is 1. The number of benzene rings is 1. The third-order valence-corrected chi connectivity index (χ3v) is 4.45. The predicted molar refractivity (Wildman–Crippen MR) is 97.7 cm³/mol. The molecule has 0 aromatic heterocycles. The normalized spacial score (nSPS) is 15.3. The van der Waals surface area contributed by atoms with Crippen LogP contribution in [0, 0.1) is 13.8 Å². The highest BCUT2D eigenvalue weighted by Gasteiger charge is 2.23. The molecule has 6 nitrogen and oxygen atoms in total. The number of carbonyl (C=O) groups is 2. The first-order valence-electron chi connectivity index (χ1n) is 8.85. The van der Waals surface area contributed by atoms with E-state index in [1.165, 1.54) is 0 Å². The van der Waals surface area contributed by atoms with Crippen molar-refractivity contribution >= 4 is 11.8 Å². The zero-order valence-corrected chi connectivity index (χ0v) is 15.7. The number of hydrogen-bond donors (Lipinski definition) is 1. The van der Waals surface area contributed by atoms with Crippen LogP contribution in [0.5, 0.6) is 5.75 Å². The van der Waals surface area contributed by atoms with Gasteiger partial charge in [-0.2, -0.15) is 0 Å². The minimum Gasteiger partial charge on any atom is -0.483 e. The lowest BCUT2D eigenvalue weighted by Gasteiger charge is -2.34.